The summed E-state index contributed by atoms with van der Waals surface area (Å²) in [6, 6.07) is 0.732. The van der Waals surface area contributed by atoms with Gasteiger partial charge in [-0.1, -0.05) is 13.8 Å². The molecule has 2 fully saturated rings. The van der Waals surface area contributed by atoms with Gasteiger partial charge in [0.1, 0.15) is 0 Å². The maximum absolute atomic E-state index is 3.72. The molecule has 0 aromatic rings. The van der Waals surface area contributed by atoms with Crippen molar-refractivity contribution in [1.82, 2.24) is 15.1 Å². The SMILES string of the molecule is CC(C)CC1CNC(C)(C)CN1CCN1CCCC1. The summed E-state index contributed by atoms with van der Waals surface area (Å²) >= 11 is 0. The van der Waals surface area contributed by atoms with Crippen LogP contribution in [0.1, 0.15) is 47.0 Å². The molecule has 2 rings (SSSR count). The van der Waals surface area contributed by atoms with Crippen LogP contribution in [0.3, 0.4) is 0 Å². The Bertz CT molecular complexity index is 269. The summed E-state index contributed by atoms with van der Waals surface area (Å²) in [5.41, 5.74) is 0.276. The number of likely N-dealkylation sites (tertiary alicyclic amines) is 1. The zero-order valence-electron chi connectivity index (χ0n) is 13.4. The number of nitrogens with one attached hydrogen (secondary N) is 1. The van der Waals surface area contributed by atoms with E-state index >= 15 is 0 Å². The van der Waals surface area contributed by atoms with Gasteiger partial charge in [0.25, 0.3) is 0 Å². The van der Waals surface area contributed by atoms with E-state index < -0.39 is 0 Å². The van der Waals surface area contributed by atoms with Gasteiger partial charge in [0.2, 0.25) is 0 Å². The third-order valence-electron chi connectivity index (χ3n) is 4.58. The van der Waals surface area contributed by atoms with Crippen LogP contribution >= 0.6 is 0 Å². The standard InChI is InChI=1S/C16H33N3/c1-14(2)11-15-12-17-16(3,4)13-19(15)10-9-18-7-5-6-8-18/h14-15,17H,5-13H2,1-4H3. The van der Waals surface area contributed by atoms with E-state index in [1.807, 2.05) is 0 Å². The molecule has 0 aromatic carbocycles. The largest absolute Gasteiger partial charge is 0.309 e. The van der Waals surface area contributed by atoms with Crippen molar-refractivity contribution in [2.24, 2.45) is 5.92 Å². The van der Waals surface area contributed by atoms with Crippen LogP contribution in [0.5, 0.6) is 0 Å². The van der Waals surface area contributed by atoms with E-state index in [0.717, 1.165) is 18.5 Å². The third kappa shape index (κ3) is 4.73. The Morgan fingerprint density at radius 2 is 1.84 bits per heavy atom. The first-order valence-electron chi connectivity index (χ1n) is 8.18. The molecule has 0 radical (unpaired) electrons. The summed E-state index contributed by atoms with van der Waals surface area (Å²) in [7, 11) is 0. The molecule has 2 heterocycles. The van der Waals surface area contributed by atoms with Gasteiger partial charge in [-0.3, -0.25) is 4.90 Å². The molecule has 112 valence electrons. The third-order valence-corrected chi connectivity index (χ3v) is 4.58. The first-order chi connectivity index (χ1) is 8.96. The second-order valence-corrected chi connectivity index (χ2v) is 7.57. The summed E-state index contributed by atoms with van der Waals surface area (Å²) in [5.74, 6) is 0.794. The molecule has 0 spiro atoms. The van der Waals surface area contributed by atoms with Crippen molar-refractivity contribution in [3.8, 4) is 0 Å². The van der Waals surface area contributed by atoms with Crippen molar-refractivity contribution in [3.63, 3.8) is 0 Å². The molecule has 0 amide bonds. The van der Waals surface area contributed by atoms with Crippen molar-refractivity contribution in [3.05, 3.63) is 0 Å². The van der Waals surface area contributed by atoms with E-state index in [1.165, 1.54) is 52.0 Å². The summed E-state index contributed by atoms with van der Waals surface area (Å²) in [5, 5.41) is 3.72. The minimum atomic E-state index is 0.276. The molecular weight excluding hydrogens is 234 g/mol. The van der Waals surface area contributed by atoms with Gasteiger partial charge in [-0.2, -0.15) is 0 Å². The molecule has 1 atom stereocenters. The lowest BCUT2D eigenvalue weighted by Gasteiger charge is -2.45. The molecule has 1 N–H and O–H groups in total. The quantitative estimate of drug-likeness (QED) is 0.824. The van der Waals surface area contributed by atoms with Gasteiger partial charge in [0.05, 0.1) is 0 Å². The monoisotopic (exact) mass is 267 g/mol. The first kappa shape index (κ1) is 15.3. The van der Waals surface area contributed by atoms with E-state index in [2.05, 4.69) is 42.8 Å². The molecule has 3 heteroatoms. The van der Waals surface area contributed by atoms with Crippen LogP contribution in [0, 0.1) is 5.92 Å². The molecule has 0 saturated carbocycles. The summed E-state index contributed by atoms with van der Waals surface area (Å²) in [6.45, 7) is 16.9. The summed E-state index contributed by atoms with van der Waals surface area (Å²) in [6.07, 6.45) is 4.13. The normalized spacial score (nSPS) is 29.2. The molecule has 19 heavy (non-hydrogen) atoms. The van der Waals surface area contributed by atoms with Crippen LogP contribution in [0.15, 0.2) is 0 Å². The minimum absolute atomic E-state index is 0.276. The van der Waals surface area contributed by atoms with Crippen molar-refractivity contribution in [1.29, 1.82) is 0 Å². The lowest BCUT2D eigenvalue weighted by molar-refractivity contribution is 0.0742. The van der Waals surface area contributed by atoms with Crippen molar-refractivity contribution in [2.45, 2.75) is 58.5 Å². The molecule has 2 aliphatic rings. The fraction of sp³-hybridized carbons (Fsp3) is 1.00. The van der Waals surface area contributed by atoms with E-state index in [9.17, 15) is 0 Å². The second kappa shape index (κ2) is 6.55. The topological polar surface area (TPSA) is 18.5 Å². The molecule has 2 aliphatic heterocycles. The Kier molecular flexibility index (Phi) is 5.27. The number of hydrogen-bond donors (Lipinski definition) is 1. The molecule has 0 bridgehead atoms. The summed E-state index contributed by atoms with van der Waals surface area (Å²) < 4.78 is 0. The van der Waals surface area contributed by atoms with Crippen molar-refractivity contribution < 1.29 is 0 Å². The summed E-state index contributed by atoms with van der Waals surface area (Å²) in [4.78, 5) is 5.39. The predicted octanol–water partition coefficient (Wildman–Crippen LogP) is 2.18. The van der Waals surface area contributed by atoms with Gasteiger partial charge < -0.3 is 10.2 Å². The van der Waals surface area contributed by atoms with E-state index in [0.29, 0.717) is 0 Å². The highest BCUT2D eigenvalue weighted by Crippen LogP contribution is 2.20. The Labute approximate surface area is 119 Å². The molecule has 2 saturated heterocycles. The fourth-order valence-electron chi connectivity index (χ4n) is 3.53. The zero-order valence-corrected chi connectivity index (χ0v) is 13.4. The van der Waals surface area contributed by atoms with Gasteiger partial charge in [-0.25, -0.2) is 0 Å². The van der Waals surface area contributed by atoms with Gasteiger partial charge in [-0.05, 0) is 52.1 Å². The van der Waals surface area contributed by atoms with E-state index in [4.69, 9.17) is 0 Å². The lowest BCUT2D eigenvalue weighted by atomic mass is 9.94. The van der Waals surface area contributed by atoms with Crippen LogP contribution in [-0.2, 0) is 0 Å². The van der Waals surface area contributed by atoms with Crippen molar-refractivity contribution >= 4 is 0 Å². The smallest absolute Gasteiger partial charge is 0.0252 e. The number of nitrogens with zero attached hydrogens (tertiary/aromatic N) is 2. The van der Waals surface area contributed by atoms with Crippen LogP contribution in [0.2, 0.25) is 0 Å². The Balaban J connectivity index is 1.86. The van der Waals surface area contributed by atoms with Crippen molar-refractivity contribution in [2.75, 3.05) is 39.3 Å². The molecular formula is C16H33N3. The highest BCUT2D eigenvalue weighted by atomic mass is 15.3. The van der Waals surface area contributed by atoms with Crippen LogP contribution in [0.25, 0.3) is 0 Å². The number of rotatable bonds is 5. The first-order valence-corrected chi connectivity index (χ1v) is 8.18. The second-order valence-electron chi connectivity index (χ2n) is 7.57. The maximum atomic E-state index is 3.72. The minimum Gasteiger partial charge on any atom is -0.309 e. The molecule has 1 unspecified atom stereocenters. The van der Waals surface area contributed by atoms with Gasteiger partial charge >= 0.3 is 0 Å². The fourth-order valence-corrected chi connectivity index (χ4v) is 3.53. The average molecular weight is 267 g/mol. The van der Waals surface area contributed by atoms with Crippen LogP contribution in [0.4, 0.5) is 0 Å². The van der Waals surface area contributed by atoms with E-state index in [1.54, 1.807) is 0 Å². The Hall–Kier alpha value is -0.120. The maximum Gasteiger partial charge on any atom is 0.0252 e. The molecule has 0 aliphatic carbocycles. The Morgan fingerprint density at radius 1 is 1.16 bits per heavy atom. The zero-order chi connectivity index (χ0) is 13.9. The van der Waals surface area contributed by atoms with Crippen LogP contribution < -0.4 is 5.32 Å². The highest BCUT2D eigenvalue weighted by molar-refractivity contribution is 4.92. The molecule has 0 aromatic heterocycles. The van der Waals surface area contributed by atoms with E-state index in [-0.39, 0.29) is 5.54 Å². The van der Waals surface area contributed by atoms with Gasteiger partial charge in [0, 0.05) is 37.8 Å². The van der Waals surface area contributed by atoms with Gasteiger partial charge in [-0.15, -0.1) is 0 Å². The van der Waals surface area contributed by atoms with Gasteiger partial charge in [0.15, 0.2) is 0 Å². The highest BCUT2D eigenvalue weighted by Gasteiger charge is 2.32. The lowest BCUT2D eigenvalue weighted by Crippen LogP contribution is -2.62. The Morgan fingerprint density at radius 3 is 2.47 bits per heavy atom. The number of piperazine rings is 1. The number of hydrogen-bond acceptors (Lipinski definition) is 3. The van der Waals surface area contributed by atoms with Crippen LogP contribution in [-0.4, -0.2) is 60.6 Å². The average Bonchev–Trinajstić information content (AvgIpc) is 2.81. The molecule has 3 nitrogen and oxygen atoms in total. The predicted molar refractivity (Wildman–Crippen MR) is 82.6 cm³/mol.